The summed E-state index contributed by atoms with van der Waals surface area (Å²) in [4.78, 5) is 28.6. The average Bonchev–Trinajstić information content (AvgIpc) is 3.55. The Morgan fingerprint density at radius 3 is 2.37 bits per heavy atom. The van der Waals surface area contributed by atoms with Crippen molar-refractivity contribution in [3.8, 4) is 34.5 Å². The molecule has 0 aliphatic heterocycles. The number of rotatable bonds is 8. The van der Waals surface area contributed by atoms with Gasteiger partial charge in [0, 0.05) is 48.4 Å². The lowest BCUT2D eigenvalue weighted by Crippen LogP contribution is -2.37. The van der Waals surface area contributed by atoms with E-state index in [4.69, 9.17) is 0 Å². The van der Waals surface area contributed by atoms with Crippen molar-refractivity contribution >= 4 is 29.2 Å². The van der Waals surface area contributed by atoms with Gasteiger partial charge in [-0.15, -0.1) is 0 Å². The number of amides is 2. The third-order valence-electron chi connectivity index (χ3n) is 7.06. The summed E-state index contributed by atoms with van der Waals surface area (Å²) in [5, 5.41) is 29.3. The molecule has 0 saturated heterocycles. The first-order valence-corrected chi connectivity index (χ1v) is 14.2. The number of pyridine rings is 1. The number of hydrogen-bond donors (Lipinski definition) is 2. The minimum atomic E-state index is -0.342. The van der Waals surface area contributed by atoms with Gasteiger partial charge < -0.3 is 10.6 Å². The van der Waals surface area contributed by atoms with Crippen molar-refractivity contribution in [2.45, 2.75) is 6.54 Å². The Labute approximate surface area is 265 Å². The van der Waals surface area contributed by atoms with Crippen LogP contribution in [0.3, 0.4) is 0 Å². The first-order valence-electron chi connectivity index (χ1n) is 14.2. The zero-order valence-corrected chi connectivity index (χ0v) is 24.7. The van der Waals surface area contributed by atoms with Gasteiger partial charge in [0.1, 0.15) is 11.9 Å². The smallest absolute Gasteiger partial charge is 0.327 e. The van der Waals surface area contributed by atoms with Crippen molar-refractivity contribution in [2.75, 3.05) is 10.2 Å². The summed E-state index contributed by atoms with van der Waals surface area (Å²) >= 11 is 0. The molecule has 46 heavy (non-hydrogen) atoms. The van der Waals surface area contributed by atoms with Crippen molar-refractivity contribution in [2.24, 2.45) is 7.05 Å². The fourth-order valence-corrected chi connectivity index (χ4v) is 4.77. The second-order valence-electron chi connectivity index (χ2n) is 10.2. The Bertz CT molecular complexity index is 2080. The molecule has 0 aliphatic rings. The number of nitrogens with one attached hydrogen (secondary N) is 2. The molecular formula is C35H26N10O. The number of anilines is 4. The van der Waals surface area contributed by atoms with E-state index in [9.17, 15) is 15.3 Å². The largest absolute Gasteiger partial charge is 0.333 e. The van der Waals surface area contributed by atoms with Gasteiger partial charge in [-0.1, -0.05) is 42.5 Å². The van der Waals surface area contributed by atoms with E-state index in [2.05, 4.69) is 42.8 Å². The van der Waals surface area contributed by atoms with Crippen LogP contribution in [-0.4, -0.2) is 30.8 Å². The Hall–Kier alpha value is -6.85. The minimum Gasteiger partial charge on any atom is -0.333 e. The molecule has 0 spiro atoms. The number of nitrogens with zero attached hydrogens (tertiary/aromatic N) is 8. The van der Waals surface area contributed by atoms with Crippen LogP contribution >= 0.6 is 0 Å². The highest BCUT2D eigenvalue weighted by Crippen LogP contribution is 2.29. The lowest BCUT2D eigenvalue weighted by atomic mass is 10.1. The Balaban J connectivity index is 1.26. The maximum absolute atomic E-state index is 13.6. The Morgan fingerprint density at radius 2 is 1.67 bits per heavy atom. The van der Waals surface area contributed by atoms with E-state index < -0.39 is 0 Å². The summed E-state index contributed by atoms with van der Waals surface area (Å²) in [6.07, 6.45) is 6.82. The molecule has 3 aromatic carbocycles. The maximum atomic E-state index is 13.6. The van der Waals surface area contributed by atoms with E-state index in [1.165, 1.54) is 11.1 Å². The quantitative estimate of drug-likeness (QED) is 0.201. The second-order valence-corrected chi connectivity index (χ2v) is 10.2. The van der Waals surface area contributed by atoms with Crippen LogP contribution in [0.5, 0.6) is 0 Å². The third-order valence-corrected chi connectivity index (χ3v) is 7.06. The van der Waals surface area contributed by atoms with Gasteiger partial charge in [0.2, 0.25) is 5.95 Å². The summed E-state index contributed by atoms with van der Waals surface area (Å²) in [6, 6.07) is 31.3. The van der Waals surface area contributed by atoms with Crippen molar-refractivity contribution in [3.05, 3.63) is 132 Å². The fraction of sp³-hybridized carbons (Fsp3) is 0.0571. The lowest BCUT2D eigenvalue weighted by molar-refractivity contribution is 0.248. The molecule has 0 aliphatic carbocycles. The van der Waals surface area contributed by atoms with Crippen LogP contribution in [0.1, 0.15) is 16.7 Å². The van der Waals surface area contributed by atoms with Gasteiger partial charge in [0.05, 0.1) is 41.0 Å². The standard InChI is InChI=1S/C35H26N10O/c1-44-23-29(22-41-44)27-10-15-32(38-20-27)45(35(46)40-19-24-6-3-2-4-7-24)31-13-11-30(12-14-31)42-34-39-21-28(18-37)33(43-34)26-9-5-8-25(16-26)17-36/h2-16,20-23H,19H2,1H3,(H,40,46)(H,39,42,43). The molecule has 3 aromatic heterocycles. The van der Waals surface area contributed by atoms with Gasteiger partial charge in [-0.25, -0.2) is 24.6 Å². The number of carbonyl (C=O) groups excluding carboxylic acids is 1. The molecule has 0 unspecified atom stereocenters. The highest BCUT2D eigenvalue weighted by Gasteiger charge is 2.20. The highest BCUT2D eigenvalue weighted by molar-refractivity contribution is 5.98. The topological polar surface area (TPSA) is 148 Å². The number of aryl methyl sites for hydroxylation is 1. The van der Waals surface area contributed by atoms with Crippen LogP contribution in [0.15, 0.2) is 116 Å². The van der Waals surface area contributed by atoms with E-state index in [0.29, 0.717) is 40.6 Å². The van der Waals surface area contributed by atoms with Gasteiger partial charge in [-0.3, -0.25) is 4.68 Å². The summed E-state index contributed by atoms with van der Waals surface area (Å²) in [5.74, 6) is 0.716. The predicted octanol–water partition coefficient (Wildman–Crippen LogP) is 6.47. The van der Waals surface area contributed by atoms with Crippen LogP contribution in [0.4, 0.5) is 27.9 Å². The van der Waals surface area contributed by atoms with Gasteiger partial charge in [0.15, 0.2) is 0 Å². The van der Waals surface area contributed by atoms with E-state index in [-0.39, 0.29) is 17.5 Å². The molecule has 11 heteroatoms. The van der Waals surface area contributed by atoms with Gasteiger partial charge >= 0.3 is 6.03 Å². The molecule has 3 heterocycles. The molecule has 6 rings (SSSR count). The van der Waals surface area contributed by atoms with Crippen LogP contribution in [-0.2, 0) is 13.6 Å². The SMILES string of the molecule is Cn1cc(-c2ccc(N(C(=O)NCc3ccccc3)c3ccc(Nc4ncc(C#N)c(-c5cccc(C#N)c5)n4)cc3)nc2)cn1. The molecule has 0 radical (unpaired) electrons. The molecule has 2 amide bonds. The first-order chi connectivity index (χ1) is 22.5. The maximum Gasteiger partial charge on any atom is 0.327 e. The Morgan fingerprint density at radius 1 is 0.848 bits per heavy atom. The summed E-state index contributed by atoms with van der Waals surface area (Å²) < 4.78 is 1.72. The summed E-state index contributed by atoms with van der Waals surface area (Å²) in [6.45, 7) is 0.346. The lowest BCUT2D eigenvalue weighted by Gasteiger charge is -2.23. The van der Waals surface area contributed by atoms with Crippen molar-refractivity contribution < 1.29 is 4.79 Å². The molecule has 222 valence electrons. The van der Waals surface area contributed by atoms with E-state index in [0.717, 1.165) is 16.7 Å². The van der Waals surface area contributed by atoms with Gasteiger partial charge in [-0.2, -0.15) is 15.6 Å². The normalized spacial score (nSPS) is 10.4. The Kier molecular flexibility index (Phi) is 8.39. The first kappa shape index (κ1) is 29.2. The monoisotopic (exact) mass is 602 g/mol. The summed E-state index contributed by atoms with van der Waals surface area (Å²) in [5.41, 5.74) is 5.81. The molecule has 0 atom stereocenters. The molecular weight excluding hydrogens is 576 g/mol. The van der Waals surface area contributed by atoms with Crippen LogP contribution in [0, 0.1) is 22.7 Å². The predicted molar refractivity (Wildman–Crippen MR) is 174 cm³/mol. The second kappa shape index (κ2) is 13.2. The number of urea groups is 1. The zero-order valence-electron chi connectivity index (χ0n) is 24.7. The number of nitriles is 2. The highest BCUT2D eigenvalue weighted by atomic mass is 16.2. The number of hydrogen-bond acceptors (Lipinski definition) is 8. The zero-order chi connectivity index (χ0) is 31.9. The summed E-state index contributed by atoms with van der Waals surface area (Å²) in [7, 11) is 1.85. The van der Waals surface area contributed by atoms with Crippen LogP contribution in [0.2, 0.25) is 0 Å². The molecule has 0 saturated carbocycles. The average molecular weight is 603 g/mol. The fourth-order valence-electron chi connectivity index (χ4n) is 4.77. The molecule has 0 bridgehead atoms. The van der Waals surface area contributed by atoms with E-state index >= 15 is 0 Å². The molecule has 6 aromatic rings. The van der Waals surface area contributed by atoms with Crippen LogP contribution in [0.25, 0.3) is 22.4 Å². The van der Waals surface area contributed by atoms with Crippen molar-refractivity contribution in [1.29, 1.82) is 10.5 Å². The minimum absolute atomic E-state index is 0.272. The molecule has 2 N–H and O–H groups in total. The third kappa shape index (κ3) is 6.54. The number of aromatic nitrogens is 5. The number of benzene rings is 3. The van der Waals surface area contributed by atoms with E-state index in [1.807, 2.05) is 49.6 Å². The van der Waals surface area contributed by atoms with Gasteiger partial charge in [0.25, 0.3) is 0 Å². The van der Waals surface area contributed by atoms with Crippen molar-refractivity contribution in [1.82, 2.24) is 30.0 Å². The van der Waals surface area contributed by atoms with Gasteiger partial charge in [-0.05, 0) is 54.1 Å². The van der Waals surface area contributed by atoms with Crippen molar-refractivity contribution in [3.63, 3.8) is 0 Å². The molecule has 0 fully saturated rings. The number of carbonyl (C=O) groups is 1. The van der Waals surface area contributed by atoms with Crippen LogP contribution < -0.4 is 15.5 Å². The van der Waals surface area contributed by atoms with E-state index in [1.54, 1.807) is 71.7 Å². The molecule has 11 nitrogen and oxygen atoms in total.